The van der Waals surface area contributed by atoms with Crippen LogP contribution >= 0.6 is 15.9 Å². The first-order chi connectivity index (χ1) is 8.08. The number of carboxylic acid groups (broad SMARTS) is 1. The van der Waals surface area contributed by atoms with Gasteiger partial charge in [0.05, 0.1) is 0 Å². The van der Waals surface area contributed by atoms with Gasteiger partial charge >= 0.3 is 0 Å². The van der Waals surface area contributed by atoms with Crippen LogP contribution in [0, 0.1) is 0 Å². The molecule has 0 saturated heterocycles. The molecule has 0 spiro atoms. The van der Waals surface area contributed by atoms with Crippen molar-refractivity contribution < 1.29 is 14.7 Å². The molecule has 4 nitrogen and oxygen atoms in total. The molecule has 0 bridgehead atoms. The molecular weight excluding hydrogens is 286 g/mol. The number of carbonyl (C=O) groups excluding carboxylic acids is 2. The van der Waals surface area contributed by atoms with Crippen LogP contribution in [0.2, 0.25) is 0 Å². The fraction of sp³-hybridized carbons (Fsp3) is 0.333. The van der Waals surface area contributed by atoms with Gasteiger partial charge in [-0.1, -0.05) is 28.1 Å². The second kappa shape index (κ2) is 7.06. The predicted octanol–water partition coefficient (Wildman–Crippen LogP) is 0.985. The minimum absolute atomic E-state index is 0.0791. The van der Waals surface area contributed by atoms with Crippen LogP contribution in [0.3, 0.4) is 0 Å². The fourth-order valence-electron chi connectivity index (χ4n) is 1.33. The van der Waals surface area contributed by atoms with E-state index in [0.717, 1.165) is 10.0 Å². The van der Waals surface area contributed by atoms with Crippen LogP contribution < -0.4 is 10.4 Å². The molecular formula is C12H13BrNO3-. The molecule has 0 fully saturated rings. The molecule has 1 aromatic carbocycles. The highest BCUT2D eigenvalue weighted by Gasteiger charge is 2.01. The van der Waals surface area contributed by atoms with Gasteiger partial charge in [0.1, 0.15) is 0 Å². The van der Waals surface area contributed by atoms with E-state index in [-0.39, 0.29) is 18.7 Å². The summed E-state index contributed by atoms with van der Waals surface area (Å²) < 4.78 is 0.959. The molecule has 0 saturated carbocycles. The van der Waals surface area contributed by atoms with Crippen molar-refractivity contribution in [1.82, 2.24) is 5.32 Å². The molecule has 0 atom stereocenters. The summed E-state index contributed by atoms with van der Waals surface area (Å²) in [6, 6.07) is 7.63. The summed E-state index contributed by atoms with van der Waals surface area (Å²) in [4.78, 5) is 21.5. The molecule has 1 aromatic rings. The lowest BCUT2D eigenvalue weighted by molar-refractivity contribution is -0.305. The molecule has 0 aromatic heterocycles. The Morgan fingerprint density at radius 3 is 2.71 bits per heavy atom. The average molecular weight is 299 g/mol. The first-order valence-corrected chi connectivity index (χ1v) is 6.08. The number of aliphatic carboxylic acids is 1. The Morgan fingerprint density at radius 2 is 2.06 bits per heavy atom. The number of carbonyl (C=O) groups is 2. The first kappa shape index (κ1) is 13.7. The second-order valence-electron chi connectivity index (χ2n) is 3.63. The monoisotopic (exact) mass is 298 g/mol. The summed E-state index contributed by atoms with van der Waals surface area (Å²) in [5.74, 6) is -1.27. The highest BCUT2D eigenvalue weighted by atomic mass is 79.9. The van der Waals surface area contributed by atoms with Gasteiger partial charge in [-0.15, -0.1) is 0 Å². The zero-order valence-corrected chi connectivity index (χ0v) is 10.8. The van der Waals surface area contributed by atoms with Crippen LogP contribution in [-0.4, -0.2) is 11.9 Å². The molecule has 0 unspecified atom stereocenters. The van der Waals surface area contributed by atoms with Crippen molar-refractivity contribution in [2.75, 3.05) is 0 Å². The highest BCUT2D eigenvalue weighted by Crippen LogP contribution is 2.11. The van der Waals surface area contributed by atoms with Gasteiger partial charge in [0, 0.05) is 23.4 Å². The maximum Gasteiger partial charge on any atom is 0.220 e. The van der Waals surface area contributed by atoms with E-state index in [0.29, 0.717) is 13.0 Å². The number of hydrogen-bond donors (Lipinski definition) is 1. The van der Waals surface area contributed by atoms with Gasteiger partial charge in [-0.25, -0.2) is 0 Å². The lowest BCUT2D eigenvalue weighted by Crippen LogP contribution is -2.25. The van der Waals surface area contributed by atoms with E-state index in [2.05, 4.69) is 21.2 Å². The van der Waals surface area contributed by atoms with Crippen LogP contribution in [0.4, 0.5) is 0 Å². The van der Waals surface area contributed by atoms with Gasteiger partial charge in [-0.2, -0.15) is 0 Å². The average Bonchev–Trinajstić information content (AvgIpc) is 2.26. The molecule has 1 amide bonds. The Labute approximate surface area is 108 Å². The van der Waals surface area contributed by atoms with Crippen molar-refractivity contribution in [3.63, 3.8) is 0 Å². The SMILES string of the molecule is O=C([O-])CCCC(=O)NCc1cccc(Br)c1. The van der Waals surface area contributed by atoms with E-state index < -0.39 is 5.97 Å². The molecule has 17 heavy (non-hydrogen) atoms. The molecule has 1 rings (SSSR count). The number of carboxylic acids is 1. The number of rotatable bonds is 6. The summed E-state index contributed by atoms with van der Waals surface area (Å²) in [6.07, 6.45) is 0.443. The second-order valence-corrected chi connectivity index (χ2v) is 4.55. The van der Waals surface area contributed by atoms with Crippen molar-refractivity contribution in [2.24, 2.45) is 0 Å². The van der Waals surface area contributed by atoms with Crippen LogP contribution in [0.1, 0.15) is 24.8 Å². The van der Waals surface area contributed by atoms with E-state index in [1.807, 2.05) is 24.3 Å². The third kappa shape index (κ3) is 6.06. The predicted molar refractivity (Wildman–Crippen MR) is 64.8 cm³/mol. The van der Waals surface area contributed by atoms with Crippen LogP contribution in [0.5, 0.6) is 0 Å². The van der Waals surface area contributed by atoms with Gasteiger partial charge in [0.15, 0.2) is 0 Å². The van der Waals surface area contributed by atoms with Gasteiger partial charge in [-0.05, 0) is 30.5 Å². The van der Waals surface area contributed by atoms with Gasteiger partial charge < -0.3 is 15.2 Å². The maximum atomic E-state index is 11.3. The van der Waals surface area contributed by atoms with E-state index in [4.69, 9.17) is 0 Å². The number of benzene rings is 1. The standard InChI is InChI=1S/C12H14BrNO3/c13-10-4-1-3-9(7-10)8-14-11(15)5-2-6-12(16)17/h1,3-4,7H,2,5-6,8H2,(H,14,15)(H,16,17)/p-1. The molecule has 5 heteroatoms. The minimum atomic E-state index is -1.12. The van der Waals surface area contributed by atoms with Gasteiger partial charge in [-0.3, -0.25) is 4.79 Å². The maximum absolute atomic E-state index is 11.3. The number of halogens is 1. The molecule has 0 radical (unpaired) electrons. The van der Waals surface area contributed by atoms with Crippen LogP contribution in [0.25, 0.3) is 0 Å². The molecule has 0 aliphatic rings. The lowest BCUT2D eigenvalue weighted by Gasteiger charge is -2.06. The van der Waals surface area contributed by atoms with Crippen molar-refractivity contribution in [1.29, 1.82) is 0 Å². The normalized spacial score (nSPS) is 9.94. The fourth-order valence-corrected chi connectivity index (χ4v) is 1.78. The van der Waals surface area contributed by atoms with Crippen molar-refractivity contribution in [3.8, 4) is 0 Å². The molecule has 1 N–H and O–H groups in total. The molecule has 92 valence electrons. The molecule has 0 heterocycles. The van der Waals surface area contributed by atoms with E-state index >= 15 is 0 Å². The van der Waals surface area contributed by atoms with Gasteiger partial charge in [0.2, 0.25) is 5.91 Å². The number of amides is 1. The van der Waals surface area contributed by atoms with Crippen molar-refractivity contribution in [2.45, 2.75) is 25.8 Å². The van der Waals surface area contributed by atoms with Crippen molar-refractivity contribution >= 4 is 27.8 Å². The smallest absolute Gasteiger partial charge is 0.220 e. The Bertz CT molecular complexity index is 406. The largest absolute Gasteiger partial charge is 0.550 e. The third-order valence-corrected chi connectivity index (χ3v) is 2.66. The zero-order valence-electron chi connectivity index (χ0n) is 9.24. The Kier molecular flexibility index (Phi) is 5.69. The van der Waals surface area contributed by atoms with Crippen molar-refractivity contribution in [3.05, 3.63) is 34.3 Å². The summed E-state index contributed by atoms with van der Waals surface area (Å²) in [7, 11) is 0. The van der Waals surface area contributed by atoms with Crippen LogP contribution in [-0.2, 0) is 16.1 Å². The van der Waals surface area contributed by atoms with Gasteiger partial charge in [0.25, 0.3) is 0 Å². The van der Waals surface area contributed by atoms with E-state index in [9.17, 15) is 14.7 Å². The third-order valence-electron chi connectivity index (χ3n) is 2.16. The number of nitrogens with one attached hydrogen (secondary N) is 1. The Hall–Kier alpha value is -1.36. The molecule has 0 aliphatic carbocycles. The minimum Gasteiger partial charge on any atom is -0.550 e. The van der Waals surface area contributed by atoms with Crippen LogP contribution in [0.15, 0.2) is 28.7 Å². The zero-order chi connectivity index (χ0) is 12.7. The summed E-state index contributed by atoms with van der Waals surface area (Å²) in [6.45, 7) is 0.448. The van der Waals surface area contributed by atoms with E-state index in [1.54, 1.807) is 0 Å². The summed E-state index contributed by atoms with van der Waals surface area (Å²) in [5.41, 5.74) is 0.993. The Balaban J connectivity index is 2.26. The molecule has 0 aliphatic heterocycles. The lowest BCUT2D eigenvalue weighted by atomic mass is 10.2. The Morgan fingerprint density at radius 1 is 1.29 bits per heavy atom. The summed E-state index contributed by atoms with van der Waals surface area (Å²) >= 11 is 3.34. The highest BCUT2D eigenvalue weighted by molar-refractivity contribution is 9.10. The topological polar surface area (TPSA) is 69.2 Å². The number of hydrogen-bond acceptors (Lipinski definition) is 3. The first-order valence-electron chi connectivity index (χ1n) is 5.29. The quantitative estimate of drug-likeness (QED) is 0.851. The van der Waals surface area contributed by atoms with E-state index in [1.165, 1.54) is 0 Å². The summed E-state index contributed by atoms with van der Waals surface area (Å²) in [5, 5.41) is 12.9.